The number of hydrogen-bond acceptors (Lipinski definition) is 4. The zero-order valence-corrected chi connectivity index (χ0v) is 18.7. The third-order valence-electron chi connectivity index (χ3n) is 5.98. The minimum atomic E-state index is -0.300. The van der Waals surface area contributed by atoms with Crippen LogP contribution in [0.2, 0.25) is 5.02 Å². The van der Waals surface area contributed by atoms with Gasteiger partial charge in [-0.05, 0) is 55.7 Å². The smallest absolute Gasteiger partial charge is 0.253 e. The zero-order valence-electron chi connectivity index (χ0n) is 18.0. The van der Waals surface area contributed by atoms with Crippen LogP contribution in [0.25, 0.3) is 0 Å². The molecule has 4 rings (SSSR count). The Morgan fingerprint density at radius 2 is 1.88 bits per heavy atom. The van der Waals surface area contributed by atoms with Crippen molar-refractivity contribution in [2.45, 2.75) is 25.7 Å². The van der Waals surface area contributed by atoms with Gasteiger partial charge in [0.1, 0.15) is 5.75 Å². The van der Waals surface area contributed by atoms with E-state index in [0.717, 1.165) is 12.8 Å². The van der Waals surface area contributed by atoms with Crippen LogP contribution in [-0.2, 0) is 9.59 Å². The van der Waals surface area contributed by atoms with Crippen LogP contribution in [0, 0.1) is 5.92 Å². The van der Waals surface area contributed by atoms with Gasteiger partial charge in [0.15, 0.2) is 0 Å². The topological polar surface area (TPSA) is 79.0 Å². The van der Waals surface area contributed by atoms with E-state index in [1.807, 2.05) is 0 Å². The van der Waals surface area contributed by atoms with Crippen molar-refractivity contribution in [3.63, 3.8) is 0 Å². The number of halogens is 1. The molecule has 2 heterocycles. The highest BCUT2D eigenvalue weighted by atomic mass is 35.5. The van der Waals surface area contributed by atoms with Crippen molar-refractivity contribution in [3.8, 4) is 5.75 Å². The fourth-order valence-corrected chi connectivity index (χ4v) is 4.40. The van der Waals surface area contributed by atoms with Crippen LogP contribution in [0.15, 0.2) is 42.5 Å². The van der Waals surface area contributed by atoms with Gasteiger partial charge in [0, 0.05) is 48.4 Å². The SMILES string of the molecule is COc1cc(NC(=O)[C@H]2CCCN(C(=O)c3ccc(Cl)cc3)C2)ccc1N1CCCC1=O. The molecule has 2 aliphatic rings. The minimum absolute atomic E-state index is 0.0766. The lowest BCUT2D eigenvalue weighted by molar-refractivity contribution is -0.121. The van der Waals surface area contributed by atoms with E-state index in [1.54, 1.807) is 59.4 Å². The average molecular weight is 456 g/mol. The molecular formula is C24H26ClN3O4. The molecule has 7 nitrogen and oxygen atoms in total. The first-order chi connectivity index (χ1) is 15.5. The van der Waals surface area contributed by atoms with E-state index in [-0.39, 0.29) is 23.6 Å². The Kier molecular flexibility index (Phi) is 6.65. The highest BCUT2D eigenvalue weighted by molar-refractivity contribution is 6.30. The minimum Gasteiger partial charge on any atom is -0.494 e. The van der Waals surface area contributed by atoms with Gasteiger partial charge in [0.25, 0.3) is 5.91 Å². The number of rotatable bonds is 5. The summed E-state index contributed by atoms with van der Waals surface area (Å²) in [6.45, 7) is 1.66. The number of piperidine rings is 1. The number of ether oxygens (including phenoxy) is 1. The second kappa shape index (κ2) is 9.61. The number of likely N-dealkylation sites (tertiary alicyclic amines) is 1. The highest BCUT2D eigenvalue weighted by Crippen LogP contribution is 2.34. The van der Waals surface area contributed by atoms with Crippen molar-refractivity contribution in [2.24, 2.45) is 5.92 Å². The molecule has 0 radical (unpaired) electrons. The van der Waals surface area contributed by atoms with E-state index in [1.165, 1.54) is 0 Å². The van der Waals surface area contributed by atoms with Crippen molar-refractivity contribution in [1.82, 2.24) is 4.90 Å². The summed E-state index contributed by atoms with van der Waals surface area (Å²) in [5.74, 6) is 0.0888. The van der Waals surface area contributed by atoms with E-state index in [2.05, 4.69) is 5.32 Å². The van der Waals surface area contributed by atoms with Crippen molar-refractivity contribution in [2.75, 3.05) is 37.0 Å². The van der Waals surface area contributed by atoms with E-state index in [4.69, 9.17) is 16.3 Å². The summed E-state index contributed by atoms with van der Waals surface area (Å²) < 4.78 is 5.47. The number of carbonyl (C=O) groups excluding carboxylic acids is 3. The largest absolute Gasteiger partial charge is 0.494 e. The van der Waals surface area contributed by atoms with Crippen molar-refractivity contribution in [1.29, 1.82) is 0 Å². The molecule has 32 heavy (non-hydrogen) atoms. The summed E-state index contributed by atoms with van der Waals surface area (Å²) in [4.78, 5) is 41.3. The molecule has 0 spiro atoms. The fourth-order valence-electron chi connectivity index (χ4n) is 4.28. The maximum absolute atomic E-state index is 12.9. The van der Waals surface area contributed by atoms with Crippen LogP contribution < -0.4 is 15.0 Å². The second-order valence-electron chi connectivity index (χ2n) is 8.12. The molecule has 0 aromatic heterocycles. The number of nitrogens with one attached hydrogen (secondary N) is 1. The number of benzene rings is 2. The van der Waals surface area contributed by atoms with Gasteiger partial charge in [-0.1, -0.05) is 11.6 Å². The molecule has 2 fully saturated rings. The number of nitrogens with zero attached hydrogens (tertiary/aromatic N) is 2. The van der Waals surface area contributed by atoms with E-state index in [0.29, 0.717) is 60.2 Å². The monoisotopic (exact) mass is 455 g/mol. The Bertz CT molecular complexity index is 1020. The molecule has 3 amide bonds. The summed E-state index contributed by atoms with van der Waals surface area (Å²) >= 11 is 5.91. The lowest BCUT2D eigenvalue weighted by atomic mass is 9.96. The predicted molar refractivity (Wildman–Crippen MR) is 123 cm³/mol. The van der Waals surface area contributed by atoms with Gasteiger partial charge in [0.05, 0.1) is 18.7 Å². The third kappa shape index (κ3) is 4.72. The summed E-state index contributed by atoms with van der Waals surface area (Å²) in [6.07, 6.45) is 2.84. The standard InChI is InChI=1S/C24H26ClN3O4/c1-32-21-14-19(10-11-20(21)28-13-3-5-22(28)29)26-23(30)17-4-2-12-27(15-17)24(31)16-6-8-18(25)9-7-16/h6-11,14,17H,2-5,12-13,15H2,1H3,(H,26,30)/t17-/m0/s1. The van der Waals surface area contributed by atoms with Gasteiger partial charge < -0.3 is 19.9 Å². The fraction of sp³-hybridized carbons (Fsp3) is 0.375. The van der Waals surface area contributed by atoms with Gasteiger partial charge in [-0.25, -0.2) is 0 Å². The molecular weight excluding hydrogens is 430 g/mol. The number of methoxy groups -OCH3 is 1. The Hall–Kier alpha value is -3.06. The maximum atomic E-state index is 12.9. The Morgan fingerprint density at radius 1 is 1.09 bits per heavy atom. The van der Waals surface area contributed by atoms with Crippen LogP contribution >= 0.6 is 11.6 Å². The van der Waals surface area contributed by atoms with Crippen LogP contribution in [0.5, 0.6) is 5.75 Å². The third-order valence-corrected chi connectivity index (χ3v) is 6.23. The maximum Gasteiger partial charge on any atom is 0.253 e. The number of carbonyl (C=O) groups is 3. The molecule has 2 saturated heterocycles. The lowest BCUT2D eigenvalue weighted by Gasteiger charge is -2.32. The molecule has 168 valence electrons. The van der Waals surface area contributed by atoms with Crippen LogP contribution in [-0.4, -0.2) is 49.4 Å². The van der Waals surface area contributed by atoms with Gasteiger partial charge in [-0.2, -0.15) is 0 Å². The Morgan fingerprint density at radius 3 is 2.56 bits per heavy atom. The van der Waals surface area contributed by atoms with Gasteiger partial charge in [0.2, 0.25) is 11.8 Å². The molecule has 0 saturated carbocycles. The van der Waals surface area contributed by atoms with E-state index >= 15 is 0 Å². The van der Waals surface area contributed by atoms with E-state index < -0.39 is 0 Å². The number of hydrogen-bond donors (Lipinski definition) is 1. The molecule has 0 unspecified atom stereocenters. The molecule has 1 N–H and O–H groups in total. The first-order valence-corrected chi connectivity index (χ1v) is 11.2. The molecule has 0 aliphatic carbocycles. The summed E-state index contributed by atoms with van der Waals surface area (Å²) in [7, 11) is 1.55. The second-order valence-corrected chi connectivity index (χ2v) is 8.56. The number of amides is 3. The molecule has 8 heteroatoms. The van der Waals surface area contributed by atoms with Crippen molar-refractivity contribution < 1.29 is 19.1 Å². The molecule has 2 aliphatic heterocycles. The molecule has 0 bridgehead atoms. The Balaban J connectivity index is 1.42. The molecule has 2 aromatic carbocycles. The van der Waals surface area contributed by atoms with Crippen molar-refractivity contribution >= 4 is 40.7 Å². The van der Waals surface area contributed by atoms with Gasteiger partial charge in [-0.15, -0.1) is 0 Å². The summed E-state index contributed by atoms with van der Waals surface area (Å²) in [5, 5.41) is 3.52. The molecule has 1 atom stereocenters. The van der Waals surface area contributed by atoms with E-state index in [9.17, 15) is 14.4 Å². The normalized spacial score (nSPS) is 18.6. The van der Waals surface area contributed by atoms with Crippen molar-refractivity contribution in [3.05, 3.63) is 53.1 Å². The highest BCUT2D eigenvalue weighted by Gasteiger charge is 2.29. The average Bonchev–Trinajstić information content (AvgIpc) is 3.24. The van der Waals surface area contributed by atoms with Crippen LogP contribution in [0.4, 0.5) is 11.4 Å². The summed E-state index contributed by atoms with van der Waals surface area (Å²) in [6, 6.07) is 12.1. The first-order valence-electron chi connectivity index (χ1n) is 10.8. The first kappa shape index (κ1) is 22.1. The van der Waals surface area contributed by atoms with Gasteiger partial charge >= 0.3 is 0 Å². The lowest BCUT2D eigenvalue weighted by Crippen LogP contribution is -2.43. The van der Waals surface area contributed by atoms with Crippen LogP contribution in [0.3, 0.4) is 0 Å². The molecule has 2 aromatic rings. The predicted octanol–water partition coefficient (Wildman–Crippen LogP) is 3.97. The van der Waals surface area contributed by atoms with Crippen LogP contribution in [0.1, 0.15) is 36.0 Å². The quantitative estimate of drug-likeness (QED) is 0.740. The van der Waals surface area contributed by atoms with Gasteiger partial charge in [-0.3, -0.25) is 14.4 Å². The summed E-state index contributed by atoms with van der Waals surface area (Å²) in [5.41, 5.74) is 1.88. The Labute approximate surface area is 192 Å². The number of anilines is 2. The zero-order chi connectivity index (χ0) is 22.7.